The van der Waals surface area contributed by atoms with Crippen LogP contribution in [0.5, 0.6) is 0 Å². The molecular weight excluding hydrogens is 555 g/mol. The van der Waals surface area contributed by atoms with Crippen molar-refractivity contribution >= 4 is 37.3 Å². The van der Waals surface area contributed by atoms with Gasteiger partial charge in [-0.05, 0) is 64.7 Å². The van der Waals surface area contributed by atoms with E-state index in [0.29, 0.717) is 32.0 Å². The van der Waals surface area contributed by atoms with Crippen LogP contribution in [0.2, 0.25) is 51.4 Å². The predicted octanol–water partition coefficient (Wildman–Crippen LogP) is 5.22. The lowest BCUT2D eigenvalue weighted by molar-refractivity contribution is -0.140. The lowest BCUT2D eigenvalue weighted by atomic mass is 10.4. The highest BCUT2D eigenvalue weighted by Gasteiger charge is 2.39. The number of rotatable bonds is 24. The van der Waals surface area contributed by atoms with Gasteiger partial charge in [0.2, 0.25) is 0 Å². The van der Waals surface area contributed by atoms with E-state index in [1.165, 1.54) is 18.9 Å². The minimum absolute atomic E-state index is 0.138. The van der Waals surface area contributed by atoms with Crippen molar-refractivity contribution in [3.05, 3.63) is 12.2 Å². The molecule has 0 spiro atoms. The van der Waals surface area contributed by atoms with Crippen LogP contribution in [-0.4, -0.2) is 96.7 Å². The Morgan fingerprint density at radius 2 is 1.18 bits per heavy atom. The molecule has 10 nitrogen and oxygen atoms in total. The number of alkyl carbamates (subject to hydrolysis) is 1. The Balaban J connectivity index is 3.72. The molecule has 0 bridgehead atoms. The van der Waals surface area contributed by atoms with Crippen molar-refractivity contribution in [3.63, 3.8) is 0 Å². The molecule has 0 aromatic rings. The predicted molar refractivity (Wildman–Crippen MR) is 161 cm³/mol. The van der Waals surface area contributed by atoms with Crippen LogP contribution < -0.4 is 5.32 Å². The summed E-state index contributed by atoms with van der Waals surface area (Å²) in [5.41, 5.74) is 0.341. The van der Waals surface area contributed by atoms with Gasteiger partial charge in [-0.15, -0.1) is 0 Å². The molecule has 0 unspecified atom stereocenters. The number of nitrogens with one attached hydrogen (secondary N) is 1. The Labute approximate surface area is 239 Å². The van der Waals surface area contributed by atoms with E-state index < -0.39 is 37.3 Å². The third-order valence-corrected chi connectivity index (χ3v) is 16.9. The second kappa shape index (κ2) is 20.8. The van der Waals surface area contributed by atoms with Gasteiger partial charge in [0.15, 0.2) is 16.6 Å². The molecule has 0 saturated carbocycles. The fourth-order valence-corrected chi connectivity index (χ4v) is 18.1. The highest BCUT2D eigenvalue weighted by Crippen LogP contribution is 2.26. The standard InChI is InChI=1S/C26H55NO9Si3/c1-10-11-22-37(4,5)35-39(8,9)36-38(6,7)23-12-14-30-16-17-32-19-21-34-26(29)27-13-15-31-18-20-33-25(28)24(2)3/h2,10-23H2,1,3-9H3,(H,27,29). The average Bonchev–Trinajstić information content (AvgIpc) is 2.81. The molecular formula is C26H55NO9Si3. The Morgan fingerprint density at radius 1 is 0.692 bits per heavy atom. The third-order valence-electron chi connectivity index (χ3n) is 5.40. The number of carbonyl (C=O) groups excluding carboxylic acids is 2. The topological polar surface area (TPSA) is 111 Å². The molecule has 0 aliphatic carbocycles. The Morgan fingerprint density at radius 3 is 1.74 bits per heavy atom. The van der Waals surface area contributed by atoms with Crippen molar-refractivity contribution < 1.29 is 41.5 Å². The summed E-state index contributed by atoms with van der Waals surface area (Å²) in [5, 5.41) is 2.57. The van der Waals surface area contributed by atoms with E-state index in [4.69, 9.17) is 31.9 Å². The second-order valence-corrected chi connectivity index (χ2v) is 23.6. The van der Waals surface area contributed by atoms with Crippen LogP contribution in [0.25, 0.3) is 0 Å². The average molecular weight is 610 g/mol. The first kappa shape index (κ1) is 37.9. The first-order chi connectivity index (χ1) is 18.2. The van der Waals surface area contributed by atoms with Gasteiger partial charge in [-0.2, -0.15) is 0 Å². The number of ether oxygens (including phenoxy) is 5. The first-order valence-electron chi connectivity index (χ1n) is 14.1. The highest BCUT2D eigenvalue weighted by molar-refractivity contribution is 6.87. The summed E-state index contributed by atoms with van der Waals surface area (Å²) < 4.78 is 39.6. The monoisotopic (exact) mass is 609 g/mol. The van der Waals surface area contributed by atoms with Crippen LogP contribution >= 0.6 is 0 Å². The molecule has 0 radical (unpaired) electrons. The summed E-state index contributed by atoms with van der Waals surface area (Å²) >= 11 is 0. The Bertz CT molecular complexity index is 706. The van der Waals surface area contributed by atoms with Crippen molar-refractivity contribution in [2.75, 3.05) is 59.4 Å². The van der Waals surface area contributed by atoms with E-state index in [-0.39, 0.29) is 33.0 Å². The molecule has 0 aliphatic heterocycles. The van der Waals surface area contributed by atoms with Gasteiger partial charge in [-0.25, -0.2) is 9.59 Å². The zero-order chi connectivity index (χ0) is 29.8. The number of esters is 1. The van der Waals surface area contributed by atoms with Crippen molar-refractivity contribution in [2.24, 2.45) is 0 Å². The lowest BCUT2D eigenvalue weighted by Crippen LogP contribution is -2.52. The quantitative estimate of drug-likeness (QED) is 0.0682. The Kier molecular flexibility index (Phi) is 20.2. The molecule has 230 valence electrons. The molecule has 13 heteroatoms. The van der Waals surface area contributed by atoms with Crippen molar-refractivity contribution in [1.29, 1.82) is 0 Å². The molecule has 1 amide bonds. The van der Waals surface area contributed by atoms with E-state index in [2.05, 4.69) is 58.1 Å². The number of carbonyl (C=O) groups is 2. The van der Waals surface area contributed by atoms with E-state index in [0.717, 1.165) is 12.5 Å². The maximum atomic E-state index is 11.6. The first-order valence-corrected chi connectivity index (χ1v) is 23.1. The van der Waals surface area contributed by atoms with E-state index in [9.17, 15) is 9.59 Å². The molecule has 0 rings (SSSR count). The number of hydrogen-bond acceptors (Lipinski definition) is 9. The van der Waals surface area contributed by atoms with E-state index in [1.54, 1.807) is 6.92 Å². The zero-order valence-electron chi connectivity index (χ0n) is 25.8. The van der Waals surface area contributed by atoms with Crippen LogP contribution in [0.4, 0.5) is 4.79 Å². The van der Waals surface area contributed by atoms with Crippen LogP contribution in [0.15, 0.2) is 12.2 Å². The summed E-state index contributed by atoms with van der Waals surface area (Å²) in [6, 6.07) is 2.22. The van der Waals surface area contributed by atoms with Crippen LogP contribution in [0.1, 0.15) is 33.1 Å². The van der Waals surface area contributed by atoms with Gasteiger partial charge in [0.1, 0.15) is 13.2 Å². The van der Waals surface area contributed by atoms with Crippen molar-refractivity contribution in [1.82, 2.24) is 5.32 Å². The fourth-order valence-electron chi connectivity index (χ4n) is 3.87. The Hall–Kier alpha value is -1.07. The van der Waals surface area contributed by atoms with Crippen molar-refractivity contribution in [2.45, 2.75) is 84.5 Å². The zero-order valence-corrected chi connectivity index (χ0v) is 28.8. The van der Waals surface area contributed by atoms with Gasteiger partial charge in [-0.3, -0.25) is 0 Å². The molecule has 0 aliphatic rings. The van der Waals surface area contributed by atoms with Gasteiger partial charge < -0.3 is 37.2 Å². The molecule has 0 atom stereocenters. The smallest absolute Gasteiger partial charge is 0.407 e. The number of amides is 1. The lowest BCUT2D eigenvalue weighted by Gasteiger charge is -2.38. The van der Waals surface area contributed by atoms with Gasteiger partial charge >= 0.3 is 20.6 Å². The normalized spacial score (nSPS) is 12.3. The summed E-state index contributed by atoms with van der Waals surface area (Å²) in [6.45, 7) is 23.8. The maximum Gasteiger partial charge on any atom is 0.407 e. The minimum Gasteiger partial charge on any atom is -0.460 e. The summed E-state index contributed by atoms with van der Waals surface area (Å²) in [5.74, 6) is -0.449. The van der Waals surface area contributed by atoms with E-state index >= 15 is 0 Å². The molecule has 39 heavy (non-hydrogen) atoms. The molecule has 0 heterocycles. The van der Waals surface area contributed by atoms with Crippen LogP contribution in [-0.2, 0) is 36.7 Å². The largest absolute Gasteiger partial charge is 0.460 e. The number of unbranched alkanes of at least 4 members (excludes halogenated alkanes) is 1. The second-order valence-electron chi connectivity index (χ2n) is 11.1. The van der Waals surface area contributed by atoms with E-state index in [1.807, 2.05) is 0 Å². The molecule has 1 N–H and O–H groups in total. The highest BCUT2D eigenvalue weighted by atomic mass is 28.5. The molecule has 0 saturated heterocycles. The third kappa shape index (κ3) is 23.3. The summed E-state index contributed by atoms with van der Waals surface area (Å²) in [7, 11) is -5.65. The van der Waals surface area contributed by atoms with Gasteiger partial charge in [-0.1, -0.05) is 26.3 Å². The number of hydrogen-bond donors (Lipinski definition) is 1. The fraction of sp³-hybridized carbons (Fsp3) is 0.846. The van der Waals surface area contributed by atoms with Gasteiger partial charge in [0.05, 0.1) is 33.0 Å². The SMILES string of the molecule is C=C(C)C(=O)OCCOCCNC(=O)OCCOCCOCCC[Si](C)(C)O[Si](C)(C)O[Si](C)(C)CCCC. The van der Waals surface area contributed by atoms with Crippen LogP contribution in [0.3, 0.4) is 0 Å². The summed E-state index contributed by atoms with van der Waals surface area (Å²) in [6.07, 6.45) is 2.84. The van der Waals surface area contributed by atoms with Gasteiger partial charge in [0.25, 0.3) is 0 Å². The summed E-state index contributed by atoms with van der Waals surface area (Å²) in [4.78, 5) is 22.8. The molecule has 0 aromatic carbocycles. The molecule has 0 aromatic heterocycles. The van der Waals surface area contributed by atoms with Gasteiger partial charge in [0, 0.05) is 18.7 Å². The minimum atomic E-state index is -2.15. The molecule has 0 fully saturated rings. The maximum absolute atomic E-state index is 11.6. The van der Waals surface area contributed by atoms with Crippen molar-refractivity contribution in [3.8, 4) is 0 Å². The van der Waals surface area contributed by atoms with Crippen LogP contribution in [0, 0.1) is 0 Å².